The van der Waals surface area contributed by atoms with E-state index in [4.69, 9.17) is 14.9 Å². The molecule has 26 heavy (non-hydrogen) atoms. The summed E-state index contributed by atoms with van der Waals surface area (Å²) in [4.78, 5) is 25.7. The highest BCUT2D eigenvalue weighted by atomic mass is 16.5. The molecule has 0 aliphatic carbocycles. The number of furan rings is 1. The van der Waals surface area contributed by atoms with Gasteiger partial charge in [-0.2, -0.15) is 0 Å². The fraction of sp³-hybridized carbons (Fsp3) is 0.684. The number of likely N-dealkylation sites (tertiary alicyclic amines) is 1. The van der Waals surface area contributed by atoms with Crippen LogP contribution in [0.25, 0.3) is 0 Å². The van der Waals surface area contributed by atoms with Crippen LogP contribution in [0.15, 0.2) is 10.5 Å². The Hall–Kier alpha value is -1.86. The highest BCUT2D eigenvalue weighted by Crippen LogP contribution is 2.34. The first-order chi connectivity index (χ1) is 12.2. The Labute approximate surface area is 154 Å². The van der Waals surface area contributed by atoms with Crippen LogP contribution in [0.2, 0.25) is 0 Å². The number of hydrogen-bond donors (Lipinski definition) is 2. The second-order valence-corrected chi connectivity index (χ2v) is 8.41. The van der Waals surface area contributed by atoms with Crippen molar-refractivity contribution < 1.29 is 18.7 Å². The summed E-state index contributed by atoms with van der Waals surface area (Å²) in [6, 6.07) is 1.77. The average Bonchev–Trinajstić information content (AvgIpc) is 2.90. The summed E-state index contributed by atoms with van der Waals surface area (Å²) in [6.07, 6.45) is 2.09. The van der Waals surface area contributed by atoms with E-state index < -0.39 is 5.91 Å². The molecule has 2 amide bonds. The van der Waals surface area contributed by atoms with Gasteiger partial charge in [-0.05, 0) is 18.9 Å². The third kappa shape index (κ3) is 4.10. The monoisotopic (exact) mass is 363 g/mol. The number of nitrogens with zero attached hydrogens (tertiary/aromatic N) is 1. The van der Waals surface area contributed by atoms with Crippen LogP contribution in [-0.2, 0) is 21.5 Å². The largest absolute Gasteiger partial charge is 0.455 e. The van der Waals surface area contributed by atoms with Crippen LogP contribution in [0, 0.1) is 0 Å². The molecule has 0 radical (unpaired) electrons. The molecule has 1 aromatic rings. The molecule has 0 atom stereocenters. The number of amides is 2. The third-order valence-corrected chi connectivity index (χ3v) is 5.21. The molecule has 3 N–H and O–H groups in total. The molecule has 0 aromatic carbocycles. The zero-order valence-corrected chi connectivity index (χ0v) is 15.9. The molecule has 2 saturated heterocycles. The van der Waals surface area contributed by atoms with Crippen molar-refractivity contribution in [2.45, 2.75) is 57.6 Å². The van der Waals surface area contributed by atoms with Crippen molar-refractivity contribution in [3.63, 3.8) is 0 Å². The van der Waals surface area contributed by atoms with Gasteiger partial charge < -0.3 is 20.2 Å². The summed E-state index contributed by atoms with van der Waals surface area (Å²) in [5.41, 5.74) is 5.85. The smallest absolute Gasteiger partial charge is 0.284 e. The van der Waals surface area contributed by atoms with Crippen LogP contribution < -0.4 is 11.1 Å². The van der Waals surface area contributed by atoms with Gasteiger partial charge in [0.05, 0.1) is 18.6 Å². The van der Waals surface area contributed by atoms with Gasteiger partial charge in [-0.1, -0.05) is 20.8 Å². The summed E-state index contributed by atoms with van der Waals surface area (Å²) >= 11 is 0. The van der Waals surface area contributed by atoms with Crippen LogP contribution >= 0.6 is 0 Å². The maximum atomic E-state index is 11.9. The first-order valence-corrected chi connectivity index (χ1v) is 9.25. The number of ether oxygens (including phenoxy) is 1. The first-order valence-electron chi connectivity index (χ1n) is 9.25. The molecule has 1 aromatic heterocycles. The number of nitrogens with two attached hydrogens (primary N) is 1. The van der Waals surface area contributed by atoms with Gasteiger partial charge in [0.2, 0.25) is 5.91 Å². The van der Waals surface area contributed by atoms with Gasteiger partial charge in [0.25, 0.3) is 5.91 Å². The second kappa shape index (κ2) is 7.04. The predicted octanol–water partition coefficient (Wildman–Crippen LogP) is 1.55. The molecule has 7 heteroatoms. The lowest BCUT2D eigenvalue weighted by molar-refractivity contribution is -0.128. The van der Waals surface area contributed by atoms with Crippen molar-refractivity contribution in [1.82, 2.24) is 10.2 Å². The summed E-state index contributed by atoms with van der Waals surface area (Å²) in [5.74, 6) is 0.544. The maximum Gasteiger partial charge on any atom is 0.284 e. The minimum absolute atomic E-state index is 0.0758. The Morgan fingerprint density at radius 3 is 2.65 bits per heavy atom. The van der Waals surface area contributed by atoms with Gasteiger partial charge in [-0.15, -0.1) is 0 Å². The molecule has 3 rings (SSSR count). The number of primary amides is 1. The highest BCUT2D eigenvalue weighted by Gasteiger charge is 2.39. The van der Waals surface area contributed by atoms with Crippen molar-refractivity contribution >= 4 is 11.8 Å². The third-order valence-electron chi connectivity index (χ3n) is 5.21. The fourth-order valence-corrected chi connectivity index (χ4v) is 3.85. The molecule has 3 heterocycles. The second-order valence-electron chi connectivity index (χ2n) is 8.41. The van der Waals surface area contributed by atoms with Crippen LogP contribution in [0.3, 0.4) is 0 Å². The van der Waals surface area contributed by atoms with Crippen LogP contribution in [0.5, 0.6) is 0 Å². The van der Waals surface area contributed by atoms with Gasteiger partial charge in [-0.25, -0.2) is 0 Å². The molecular weight excluding hydrogens is 334 g/mol. The van der Waals surface area contributed by atoms with Crippen molar-refractivity contribution in [2.24, 2.45) is 5.73 Å². The van der Waals surface area contributed by atoms with E-state index in [0.717, 1.165) is 37.3 Å². The van der Waals surface area contributed by atoms with Crippen molar-refractivity contribution in [1.29, 1.82) is 0 Å². The number of piperidine rings is 1. The zero-order chi connectivity index (χ0) is 18.9. The lowest BCUT2D eigenvalue weighted by Crippen LogP contribution is -2.46. The number of nitrogens with one attached hydrogen (secondary N) is 1. The quantitative estimate of drug-likeness (QED) is 0.849. The van der Waals surface area contributed by atoms with Crippen LogP contribution in [-0.4, -0.2) is 48.6 Å². The Kier molecular flexibility index (Phi) is 5.12. The van der Waals surface area contributed by atoms with Gasteiger partial charge in [0.15, 0.2) is 5.76 Å². The van der Waals surface area contributed by atoms with E-state index in [-0.39, 0.29) is 22.7 Å². The minimum atomic E-state index is -0.544. The van der Waals surface area contributed by atoms with Crippen LogP contribution in [0.4, 0.5) is 0 Å². The van der Waals surface area contributed by atoms with Crippen molar-refractivity contribution in [2.75, 3.05) is 26.2 Å². The van der Waals surface area contributed by atoms with Gasteiger partial charge >= 0.3 is 0 Å². The number of carbonyl (C=O) groups excluding carboxylic acids is 2. The highest BCUT2D eigenvalue weighted by molar-refractivity contribution is 5.90. The first kappa shape index (κ1) is 18.9. The topological polar surface area (TPSA) is 97.8 Å². The van der Waals surface area contributed by atoms with Gasteiger partial charge in [0.1, 0.15) is 5.76 Å². The molecule has 0 bridgehead atoms. The predicted molar refractivity (Wildman–Crippen MR) is 96.7 cm³/mol. The maximum absolute atomic E-state index is 11.9. The normalized spacial score (nSPS) is 21.4. The Bertz CT molecular complexity index is 681. The Morgan fingerprint density at radius 2 is 2.04 bits per heavy atom. The van der Waals surface area contributed by atoms with E-state index >= 15 is 0 Å². The lowest BCUT2D eigenvalue weighted by Gasteiger charge is -2.40. The molecule has 0 saturated carbocycles. The van der Waals surface area contributed by atoms with Crippen molar-refractivity contribution in [3.05, 3.63) is 23.2 Å². The Morgan fingerprint density at radius 1 is 1.35 bits per heavy atom. The van der Waals surface area contributed by atoms with E-state index in [1.165, 1.54) is 0 Å². The van der Waals surface area contributed by atoms with Crippen LogP contribution in [0.1, 0.15) is 61.9 Å². The SMILES string of the molecule is CC(C)(C)c1oc(C(N)=O)cc1CN1CCC2(CC1)CC(=O)NCCO2. The number of hydrogen-bond acceptors (Lipinski definition) is 5. The summed E-state index contributed by atoms with van der Waals surface area (Å²) in [6.45, 7) is 9.72. The molecule has 0 unspecified atom stereocenters. The van der Waals surface area contributed by atoms with E-state index in [0.29, 0.717) is 26.1 Å². The summed E-state index contributed by atoms with van der Waals surface area (Å²) in [7, 11) is 0. The summed E-state index contributed by atoms with van der Waals surface area (Å²) in [5, 5.41) is 2.87. The molecule has 2 fully saturated rings. The molecular formula is C19H29N3O4. The standard InChI is InChI=1S/C19H29N3O4/c1-18(2,3)16-13(10-14(26-16)17(20)24)12-22-7-4-19(5-8-22)11-15(23)21-6-9-25-19/h10H,4-9,11-12H2,1-3H3,(H2,20,24)(H,21,23). The van der Waals surface area contributed by atoms with E-state index in [2.05, 4.69) is 31.0 Å². The van der Waals surface area contributed by atoms with Gasteiger partial charge in [0, 0.05) is 37.2 Å². The zero-order valence-electron chi connectivity index (χ0n) is 15.9. The molecule has 7 nitrogen and oxygen atoms in total. The molecule has 1 spiro atoms. The Balaban J connectivity index is 1.69. The van der Waals surface area contributed by atoms with E-state index in [1.54, 1.807) is 6.07 Å². The summed E-state index contributed by atoms with van der Waals surface area (Å²) < 4.78 is 11.8. The fourth-order valence-electron chi connectivity index (χ4n) is 3.85. The van der Waals surface area contributed by atoms with E-state index in [9.17, 15) is 9.59 Å². The van der Waals surface area contributed by atoms with E-state index in [1.807, 2.05) is 0 Å². The minimum Gasteiger partial charge on any atom is -0.455 e. The number of rotatable bonds is 3. The molecule has 2 aliphatic rings. The van der Waals surface area contributed by atoms with Crippen molar-refractivity contribution in [3.8, 4) is 0 Å². The van der Waals surface area contributed by atoms with Gasteiger partial charge in [-0.3, -0.25) is 14.5 Å². The molecule has 2 aliphatic heterocycles. The molecule has 144 valence electrons. The lowest BCUT2D eigenvalue weighted by atomic mass is 9.86. The average molecular weight is 363 g/mol. The number of carbonyl (C=O) groups is 2.